The summed E-state index contributed by atoms with van der Waals surface area (Å²) in [7, 11) is 1.49. The van der Waals surface area contributed by atoms with Gasteiger partial charge in [-0.15, -0.1) is 0 Å². The Morgan fingerprint density at radius 1 is 0.340 bits per heavy atom. The van der Waals surface area contributed by atoms with Crippen LogP contribution in [0.1, 0.15) is 282 Å². The van der Waals surface area contributed by atoms with Crippen molar-refractivity contribution in [3.8, 4) is 11.8 Å². The third kappa shape index (κ3) is 33.1. The third-order valence-corrected chi connectivity index (χ3v) is 21.7. The number of carboxylic acids is 5. The molecule has 0 spiro atoms. The standard InChI is InChI=1S/C19H20N2O3.C19H18O5.C19H18O4.C18H14N2O4.2C18H17NO4/c1-13(22)16-4-2-3-5-17(16)19(24)21-12-15-8-6-14(7-9-15)10-11-18(20)23;1-12(20)14-9-7-13(11-18(14)24-2)8-10-17(21)15-5-3-4-6-16(15)19(22)23;1-12-11-14(7-9-15(12)13(2)20)8-10-18(21)16-5-3-4-6-17(16)19(22)23;1-11(21)14-4-2-3-5-16(14)17(22)20-10-12-6-7-15(18(23)24)13(8-12)9-19;1-11(13-7-9-14(10-8-13)12(2)20)19-17(21)15-5-3-4-6-16(15)18(22)23;1-11-9-13(12(2)20)7-8-14(11)10-19-17(21)15-5-3-4-6-16(15)18(22)23/h2-9H,10-12H2,1H3,(H2,20,23)(H,21,24);3-7,9,11,20H,1,8,10H2,2H3,(H,22,23);3-7,9,11,20H,2,8,10H2,1H3,(H,22,23);2-8H,10H2,1H3,(H,20,22)(H,23,24);3-11H,1-2H3,(H,19,21)(H,22,23);3-9H,10H2,1-2H3,(H,19,21)(H,22,23). The van der Waals surface area contributed by atoms with Crippen molar-refractivity contribution in [3.63, 3.8) is 0 Å². The molecule has 5 amide bonds. The number of hydrogen-bond acceptors (Lipinski definition) is 20. The van der Waals surface area contributed by atoms with Crippen LogP contribution in [0.3, 0.4) is 0 Å². The van der Waals surface area contributed by atoms with Crippen LogP contribution < -0.4 is 31.7 Å². The minimum atomic E-state index is -1.18. The number of nitrogens with one attached hydrogen (secondary N) is 4. The molecule has 0 aliphatic rings. The number of aliphatic hydroxyl groups is 2. The van der Waals surface area contributed by atoms with Gasteiger partial charge in [0.25, 0.3) is 23.6 Å². The summed E-state index contributed by atoms with van der Waals surface area (Å²) < 4.78 is 5.21. The van der Waals surface area contributed by atoms with Gasteiger partial charge in [0.1, 0.15) is 23.3 Å². The van der Waals surface area contributed by atoms with E-state index in [1.807, 2.05) is 56.3 Å². The number of carbonyl (C=O) groups is 16. The summed E-state index contributed by atoms with van der Waals surface area (Å²) in [4.78, 5) is 186. The zero-order chi connectivity index (χ0) is 104. The molecule has 1 unspecified atom stereocenters. The molecule has 12 aromatic carbocycles. The molecule has 0 aromatic heterocycles. The molecule has 0 fully saturated rings. The fraction of sp³-hybridized carbons (Fsp3) is 0.162. The van der Waals surface area contributed by atoms with Crippen molar-refractivity contribution >= 4 is 106 Å². The second-order valence-corrected chi connectivity index (χ2v) is 31.7. The first-order valence-corrected chi connectivity index (χ1v) is 43.6. The molecule has 30 heteroatoms. The van der Waals surface area contributed by atoms with Gasteiger partial charge in [0, 0.05) is 77.8 Å². The maximum atomic E-state index is 12.3. The minimum Gasteiger partial charge on any atom is -0.508 e. The topological polar surface area (TPSA) is 522 Å². The number of nitrogens with zero attached hydrogens (tertiary/aromatic N) is 1. The van der Waals surface area contributed by atoms with Gasteiger partial charge in [-0.2, -0.15) is 5.26 Å². The quantitative estimate of drug-likeness (QED) is 0.0130. The average molecular weight is 1910 g/mol. The van der Waals surface area contributed by atoms with Gasteiger partial charge in [-0.25, -0.2) is 24.0 Å². The van der Waals surface area contributed by atoms with E-state index in [1.165, 1.54) is 102 Å². The van der Waals surface area contributed by atoms with E-state index in [1.54, 1.807) is 171 Å². The van der Waals surface area contributed by atoms with E-state index in [4.69, 9.17) is 41.3 Å². The van der Waals surface area contributed by atoms with Crippen molar-refractivity contribution in [3.05, 3.63) is 430 Å². The number of ether oxygens (including phenoxy) is 1. The molecule has 0 aliphatic heterocycles. The summed E-state index contributed by atoms with van der Waals surface area (Å²) in [6, 6.07) is 74.0. The van der Waals surface area contributed by atoms with E-state index >= 15 is 0 Å². The summed E-state index contributed by atoms with van der Waals surface area (Å²) in [5, 5.41) is 84.4. The Morgan fingerprint density at radius 2 is 0.681 bits per heavy atom. The number of nitrogens with two attached hydrogens (primary N) is 1. The van der Waals surface area contributed by atoms with Gasteiger partial charge in [-0.05, 0) is 197 Å². The number of Topliss-reactive ketones (excluding diaryl/α,β-unsaturated/α-hetero) is 6. The fourth-order valence-corrected chi connectivity index (χ4v) is 14.0. The number of rotatable bonds is 35. The number of aromatic carboxylic acids is 5. The molecular formula is C111H104N6O24. The molecule has 0 saturated carbocycles. The number of carbonyl (C=O) groups excluding carboxylic acids is 11. The van der Waals surface area contributed by atoms with E-state index in [0.29, 0.717) is 82.5 Å². The molecule has 0 heterocycles. The predicted molar refractivity (Wildman–Crippen MR) is 528 cm³/mol. The molecule has 141 heavy (non-hydrogen) atoms. The molecule has 13 N–H and O–H groups in total. The van der Waals surface area contributed by atoms with E-state index in [-0.39, 0.29) is 151 Å². The summed E-state index contributed by atoms with van der Waals surface area (Å²) in [5.74, 6) is -8.03. The molecule has 12 aromatic rings. The molecule has 12 rings (SSSR count). The maximum Gasteiger partial charge on any atom is 0.337 e. The van der Waals surface area contributed by atoms with Crippen LogP contribution in [-0.2, 0) is 43.7 Å². The molecular weight excluding hydrogens is 1800 g/mol. The number of aryl methyl sites for hydroxylation is 5. The monoisotopic (exact) mass is 1900 g/mol. The molecule has 0 bridgehead atoms. The van der Waals surface area contributed by atoms with Crippen LogP contribution in [0.4, 0.5) is 0 Å². The van der Waals surface area contributed by atoms with Crippen molar-refractivity contribution in [2.75, 3.05) is 7.11 Å². The second-order valence-electron chi connectivity index (χ2n) is 31.7. The number of aliphatic hydroxyl groups excluding tert-OH is 2. The van der Waals surface area contributed by atoms with Crippen LogP contribution in [0, 0.1) is 25.2 Å². The van der Waals surface area contributed by atoms with Gasteiger partial charge < -0.3 is 67.5 Å². The normalized spacial score (nSPS) is 10.4. The highest BCUT2D eigenvalue weighted by atomic mass is 16.5. The number of carboxylic acid groups (broad SMARTS) is 5. The van der Waals surface area contributed by atoms with Crippen LogP contribution in [-0.4, -0.2) is 137 Å². The molecule has 0 saturated heterocycles. The van der Waals surface area contributed by atoms with Crippen molar-refractivity contribution in [2.45, 2.75) is 113 Å². The largest absolute Gasteiger partial charge is 0.508 e. The van der Waals surface area contributed by atoms with Crippen molar-refractivity contribution < 1.29 is 117 Å². The highest BCUT2D eigenvalue weighted by molar-refractivity contribution is 6.10. The number of primary amides is 1. The summed E-state index contributed by atoms with van der Waals surface area (Å²) in [5.41, 5.74) is 17.3. The Morgan fingerprint density at radius 3 is 1.07 bits per heavy atom. The van der Waals surface area contributed by atoms with E-state index in [9.17, 15) is 86.9 Å². The number of amides is 5. The van der Waals surface area contributed by atoms with Crippen LogP contribution >= 0.6 is 0 Å². The fourth-order valence-electron chi connectivity index (χ4n) is 14.0. The minimum absolute atomic E-state index is 0.00649. The first-order chi connectivity index (χ1) is 67.0. The average Bonchev–Trinajstić information content (AvgIpc) is 0.673. The number of benzene rings is 12. The zero-order valence-corrected chi connectivity index (χ0v) is 78.4. The van der Waals surface area contributed by atoms with E-state index in [2.05, 4.69) is 34.4 Å². The zero-order valence-electron chi connectivity index (χ0n) is 78.4. The van der Waals surface area contributed by atoms with Crippen LogP contribution in [0.15, 0.2) is 280 Å². The molecule has 0 aliphatic carbocycles. The smallest absolute Gasteiger partial charge is 0.337 e. The highest BCUT2D eigenvalue weighted by Crippen LogP contribution is 2.28. The lowest BCUT2D eigenvalue weighted by molar-refractivity contribution is -0.118. The van der Waals surface area contributed by atoms with Crippen LogP contribution in [0.25, 0.3) is 11.5 Å². The molecule has 30 nitrogen and oxygen atoms in total. The summed E-state index contributed by atoms with van der Waals surface area (Å²) in [6.07, 6.45) is 2.26. The molecule has 722 valence electrons. The van der Waals surface area contributed by atoms with E-state index in [0.717, 1.165) is 44.5 Å². The molecule has 0 radical (unpaired) electrons. The van der Waals surface area contributed by atoms with Crippen molar-refractivity contribution in [2.24, 2.45) is 5.73 Å². The van der Waals surface area contributed by atoms with Crippen molar-refractivity contribution in [1.82, 2.24) is 21.3 Å². The summed E-state index contributed by atoms with van der Waals surface area (Å²) >= 11 is 0. The first kappa shape index (κ1) is 110. The van der Waals surface area contributed by atoms with Crippen LogP contribution in [0.5, 0.6) is 5.75 Å². The number of nitriles is 1. The SMILES string of the molecule is C=C(O)c1ccc(CCC(=O)c2ccccc2C(=O)O)cc1C.C=C(O)c1ccc(CCC(=O)c2ccccc2C(=O)O)cc1OC.CC(=O)c1ccc(C(C)NC(=O)c2ccccc2C(=O)O)cc1.CC(=O)c1ccc(CNC(=O)c2ccccc2C(=O)O)c(C)c1.CC(=O)c1ccccc1C(=O)NCc1ccc(C(=O)O)c(C#N)c1.CC(=O)c1ccccc1C(=O)NCc1ccc(CCC(N)=O)cc1. The van der Waals surface area contributed by atoms with E-state index < -0.39 is 47.6 Å². The Hall–Kier alpha value is -18.3. The molecule has 1 atom stereocenters. The lowest BCUT2D eigenvalue weighted by Crippen LogP contribution is -2.28. The lowest BCUT2D eigenvalue weighted by Gasteiger charge is -2.15. The summed E-state index contributed by atoms with van der Waals surface area (Å²) in [6.45, 7) is 19.0. The van der Waals surface area contributed by atoms with Gasteiger partial charge in [-0.3, -0.25) is 52.7 Å². The Bertz CT molecular complexity index is 6810. The van der Waals surface area contributed by atoms with Crippen molar-refractivity contribution in [1.29, 1.82) is 5.26 Å². The van der Waals surface area contributed by atoms with Gasteiger partial charge in [0.2, 0.25) is 5.91 Å². The van der Waals surface area contributed by atoms with Gasteiger partial charge in [0.15, 0.2) is 34.7 Å². The predicted octanol–water partition coefficient (Wildman–Crippen LogP) is 18.3. The first-order valence-electron chi connectivity index (χ1n) is 43.6. The second kappa shape index (κ2) is 53.7. The van der Waals surface area contributed by atoms with Gasteiger partial charge in [-0.1, -0.05) is 201 Å². The Kier molecular flexibility index (Phi) is 41.8. The number of hydrogen-bond donors (Lipinski definition) is 12. The number of methoxy groups -OCH3 is 1. The van der Waals surface area contributed by atoms with Gasteiger partial charge in [0.05, 0.1) is 74.3 Å². The number of ketones is 6. The maximum absolute atomic E-state index is 12.3. The Balaban J connectivity index is 0.000000230. The third-order valence-electron chi connectivity index (χ3n) is 21.7. The van der Waals surface area contributed by atoms with Crippen LogP contribution in [0.2, 0.25) is 0 Å². The van der Waals surface area contributed by atoms with Gasteiger partial charge >= 0.3 is 29.8 Å². The highest BCUT2D eigenvalue weighted by Gasteiger charge is 2.24. The Labute approximate surface area is 812 Å². The lowest BCUT2D eigenvalue weighted by atomic mass is 9.97.